The average Bonchev–Trinajstić information content (AvgIpc) is 2.94. The molecule has 0 saturated heterocycles. The second kappa shape index (κ2) is 7.21. The Kier molecular flexibility index (Phi) is 5.32. The molecule has 0 atom stereocenters. The summed E-state index contributed by atoms with van der Waals surface area (Å²) in [5.74, 6) is -1.35. The van der Waals surface area contributed by atoms with Crippen LogP contribution in [0.2, 0.25) is 5.02 Å². The first-order valence-electron chi connectivity index (χ1n) is 6.12. The second-order valence-corrected chi connectivity index (χ2v) is 5.67. The monoisotopic (exact) mass is 324 g/mol. The Morgan fingerprint density at radius 1 is 1.29 bits per heavy atom. The van der Waals surface area contributed by atoms with E-state index in [2.05, 4.69) is 10.6 Å². The van der Waals surface area contributed by atoms with Crippen LogP contribution in [-0.4, -0.2) is 23.5 Å². The van der Waals surface area contributed by atoms with E-state index >= 15 is 0 Å². The molecule has 110 valence electrons. The van der Waals surface area contributed by atoms with Gasteiger partial charge >= 0.3 is 5.97 Å². The van der Waals surface area contributed by atoms with Gasteiger partial charge in [-0.2, -0.15) is 0 Å². The van der Waals surface area contributed by atoms with Crippen LogP contribution in [-0.2, 0) is 11.3 Å². The highest BCUT2D eigenvalue weighted by Gasteiger charge is 2.10. The van der Waals surface area contributed by atoms with Crippen LogP contribution in [0.25, 0.3) is 0 Å². The van der Waals surface area contributed by atoms with Gasteiger partial charge in [0.15, 0.2) is 0 Å². The normalized spacial score (nSPS) is 10.3. The highest BCUT2D eigenvalue weighted by Crippen LogP contribution is 2.23. The molecule has 0 bridgehead atoms. The summed E-state index contributed by atoms with van der Waals surface area (Å²) in [4.78, 5) is 23.8. The summed E-state index contributed by atoms with van der Waals surface area (Å²) >= 11 is 7.54. The van der Waals surface area contributed by atoms with Crippen LogP contribution in [0.15, 0.2) is 35.7 Å². The van der Waals surface area contributed by atoms with Crippen molar-refractivity contribution in [3.63, 3.8) is 0 Å². The van der Waals surface area contributed by atoms with E-state index in [0.717, 1.165) is 4.88 Å². The number of anilines is 1. The lowest BCUT2D eigenvalue weighted by atomic mass is 10.2. The van der Waals surface area contributed by atoms with E-state index in [1.54, 1.807) is 11.3 Å². The summed E-state index contributed by atoms with van der Waals surface area (Å²) in [5.41, 5.74) is 0.362. The Morgan fingerprint density at radius 2 is 2.10 bits per heavy atom. The fourth-order valence-electron chi connectivity index (χ4n) is 1.66. The molecule has 2 rings (SSSR count). The molecule has 0 fully saturated rings. The van der Waals surface area contributed by atoms with E-state index in [9.17, 15) is 9.59 Å². The molecule has 1 heterocycles. The lowest BCUT2D eigenvalue weighted by Gasteiger charge is -2.08. The summed E-state index contributed by atoms with van der Waals surface area (Å²) < 4.78 is 0. The van der Waals surface area contributed by atoms with Gasteiger partial charge in [-0.3, -0.25) is 4.79 Å². The van der Waals surface area contributed by atoms with Crippen molar-refractivity contribution in [2.45, 2.75) is 6.54 Å². The summed E-state index contributed by atoms with van der Waals surface area (Å²) in [6, 6.07) is 8.08. The van der Waals surface area contributed by atoms with E-state index in [0.29, 0.717) is 17.3 Å². The maximum atomic E-state index is 11.8. The zero-order valence-electron chi connectivity index (χ0n) is 10.9. The molecule has 0 aliphatic heterocycles. The summed E-state index contributed by atoms with van der Waals surface area (Å²) in [7, 11) is 0. The predicted molar refractivity (Wildman–Crippen MR) is 83.1 cm³/mol. The number of rotatable bonds is 6. The number of hydrogen-bond donors (Lipinski definition) is 3. The van der Waals surface area contributed by atoms with E-state index in [4.69, 9.17) is 16.7 Å². The van der Waals surface area contributed by atoms with Gasteiger partial charge in [0, 0.05) is 11.4 Å². The van der Waals surface area contributed by atoms with E-state index in [1.807, 2.05) is 17.5 Å². The van der Waals surface area contributed by atoms with Gasteiger partial charge in [-0.25, -0.2) is 4.79 Å². The first-order chi connectivity index (χ1) is 10.1. The van der Waals surface area contributed by atoms with Crippen molar-refractivity contribution < 1.29 is 14.7 Å². The quantitative estimate of drug-likeness (QED) is 0.763. The number of amides is 1. The molecular formula is C14H13ClN2O3S. The third-order valence-corrected chi connectivity index (χ3v) is 3.86. The van der Waals surface area contributed by atoms with Crippen LogP contribution in [0.5, 0.6) is 0 Å². The highest BCUT2D eigenvalue weighted by atomic mass is 35.5. The average molecular weight is 325 g/mol. The SMILES string of the molecule is O=C(CNCc1cccs1)Nc1cc(C(=O)O)ccc1Cl. The number of nitrogens with one attached hydrogen (secondary N) is 2. The molecule has 0 aliphatic rings. The van der Waals surface area contributed by atoms with Crippen LogP contribution in [0, 0.1) is 0 Å². The van der Waals surface area contributed by atoms with Gasteiger partial charge in [0.05, 0.1) is 22.8 Å². The van der Waals surface area contributed by atoms with Crippen LogP contribution < -0.4 is 10.6 Å². The summed E-state index contributed by atoms with van der Waals surface area (Å²) in [5, 5.41) is 16.8. The minimum absolute atomic E-state index is 0.0706. The molecule has 3 N–H and O–H groups in total. The summed E-state index contributed by atoms with van der Waals surface area (Å²) in [6.07, 6.45) is 0. The lowest BCUT2D eigenvalue weighted by molar-refractivity contribution is -0.115. The van der Waals surface area contributed by atoms with Gasteiger partial charge in [0.1, 0.15) is 0 Å². The zero-order valence-corrected chi connectivity index (χ0v) is 12.5. The van der Waals surface area contributed by atoms with Crippen molar-refractivity contribution in [1.29, 1.82) is 0 Å². The minimum atomic E-state index is -1.07. The second-order valence-electron chi connectivity index (χ2n) is 4.23. The third-order valence-electron chi connectivity index (χ3n) is 2.65. The number of carboxylic acids is 1. The topological polar surface area (TPSA) is 78.4 Å². The zero-order chi connectivity index (χ0) is 15.2. The van der Waals surface area contributed by atoms with Crippen molar-refractivity contribution in [2.24, 2.45) is 0 Å². The maximum Gasteiger partial charge on any atom is 0.335 e. The van der Waals surface area contributed by atoms with Crippen molar-refractivity contribution >= 4 is 40.5 Å². The van der Waals surface area contributed by atoms with Gasteiger partial charge in [0.2, 0.25) is 5.91 Å². The van der Waals surface area contributed by atoms with Gasteiger partial charge in [0.25, 0.3) is 0 Å². The van der Waals surface area contributed by atoms with Crippen molar-refractivity contribution in [3.8, 4) is 0 Å². The molecule has 7 heteroatoms. The van der Waals surface area contributed by atoms with Crippen LogP contribution >= 0.6 is 22.9 Å². The molecule has 0 unspecified atom stereocenters. The van der Waals surface area contributed by atoms with Crippen LogP contribution in [0.4, 0.5) is 5.69 Å². The smallest absolute Gasteiger partial charge is 0.335 e. The first-order valence-corrected chi connectivity index (χ1v) is 7.38. The molecule has 1 aromatic heterocycles. The Balaban J connectivity index is 1.90. The highest BCUT2D eigenvalue weighted by molar-refractivity contribution is 7.09. The molecule has 1 amide bonds. The number of aromatic carboxylic acids is 1. The number of thiophene rings is 1. The molecule has 0 saturated carbocycles. The number of hydrogen-bond acceptors (Lipinski definition) is 4. The maximum absolute atomic E-state index is 11.8. The number of carboxylic acid groups (broad SMARTS) is 1. The Bertz CT molecular complexity index is 644. The van der Waals surface area contributed by atoms with Crippen molar-refractivity contribution in [2.75, 3.05) is 11.9 Å². The minimum Gasteiger partial charge on any atom is -0.478 e. The number of benzene rings is 1. The number of carbonyl (C=O) groups is 2. The lowest BCUT2D eigenvalue weighted by Crippen LogP contribution is -2.27. The van der Waals surface area contributed by atoms with Crippen molar-refractivity contribution in [1.82, 2.24) is 5.32 Å². The molecular weight excluding hydrogens is 312 g/mol. The Morgan fingerprint density at radius 3 is 2.76 bits per heavy atom. The van der Waals surface area contributed by atoms with E-state index in [1.165, 1.54) is 18.2 Å². The van der Waals surface area contributed by atoms with E-state index in [-0.39, 0.29) is 18.0 Å². The van der Waals surface area contributed by atoms with Gasteiger partial charge in [-0.15, -0.1) is 11.3 Å². The Hall–Kier alpha value is -1.89. The summed E-state index contributed by atoms with van der Waals surface area (Å²) in [6.45, 7) is 0.722. The first kappa shape index (κ1) is 15.5. The van der Waals surface area contributed by atoms with Crippen LogP contribution in [0.3, 0.4) is 0 Å². The van der Waals surface area contributed by atoms with E-state index < -0.39 is 5.97 Å². The molecule has 21 heavy (non-hydrogen) atoms. The molecule has 1 aromatic carbocycles. The molecule has 0 aliphatic carbocycles. The van der Waals surface area contributed by atoms with Gasteiger partial charge < -0.3 is 15.7 Å². The largest absolute Gasteiger partial charge is 0.478 e. The molecule has 2 aromatic rings. The van der Waals surface area contributed by atoms with Crippen molar-refractivity contribution in [3.05, 3.63) is 51.2 Å². The van der Waals surface area contributed by atoms with Gasteiger partial charge in [-0.05, 0) is 29.6 Å². The van der Waals surface area contributed by atoms with Crippen LogP contribution in [0.1, 0.15) is 15.2 Å². The molecule has 5 nitrogen and oxygen atoms in total. The standard InChI is InChI=1S/C14H13ClN2O3S/c15-11-4-3-9(14(19)20)6-12(11)17-13(18)8-16-7-10-2-1-5-21-10/h1-6,16H,7-8H2,(H,17,18)(H,19,20). The predicted octanol–water partition coefficient (Wildman–Crippen LogP) is 2.83. The van der Waals surface area contributed by atoms with Gasteiger partial charge in [-0.1, -0.05) is 17.7 Å². The third kappa shape index (κ3) is 4.56. The fraction of sp³-hybridized carbons (Fsp3) is 0.143. The molecule has 0 spiro atoms. The fourth-order valence-corrected chi connectivity index (χ4v) is 2.50. The molecule has 0 radical (unpaired) electrons. The number of halogens is 1. The Labute approximate surface area is 130 Å². The number of carbonyl (C=O) groups excluding carboxylic acids is 1.